The lowest BCUT2D eigenvalue weighted by atomic mass is 9.88. The highest BCUT2D eigenvalue weighted by Crippen LogP contribution is 2.33. The molecule has 0 amide bonds. The fourth-order valence-electron chi connectivity index (χ4n) is 2.50. The fourth-order valence-corrected chi connectivity index (χ4v) is 2.50. The van der Waals surface area contributed by atoms with Crippen molar-refractivity contribution in [2.24, 2.45) is 5.92 Å². The van der Waals surface area contributed by atoms with E-state index in [9.17, 15) is 0 Å². The lowest BCUT2D eigenvalue weighted by Crippen LogP contribution is -2.26. The number of nitrogens with one attached hydrogen (secondary N) is 1. The van der Waals surface area contributed by atoms with Gasteiger partial charge in [0, 0.05) is 6.04 Å². The van der Waals surface area contributed by atoms with Gasteiger partial charge in [-0.2, -0.15) is 0 Å². The van der Waals surface area contributed by atoms with Gasteiger partial charge in [-0.25, -0.2) is 0 Å². The highest BCUT2D eigenvalue weighted by Gasteiger charge is 2.23. The van der Waals surface area contributed by atoms with Crippen LogP contribution in [-0.4, -0.2) is 25.8 Å². The molecule has 0 bridgehead atoms. The van der Waals surface area contributed by atoms with Gasteiger partial charge in [-0.05, 0) is 62.8 Å². The number of rotatable bonds is 9. The van der Waals surface area contributed by atoms with Crippen LogP contribution in [0.25, 0.3) is 0 Å². The van der Waals surface area contributed by atoms with Crippen molar-refractivity contribution in [3.63, 3.8) is 0 Å². The molecule has 3 heteroatoms. The number of hydrogen-bond acceptors (Lipinski definition) is 3. The van der Waals surface area contributed by atoms with E-state index in [-0.39, 0.29) is 0 Å². The first kappa shape index (κ1) is 16.2. The minimum atomic E-state index is 0.506. The van der Waals surface area contributed by atoms with E-state index in [1.54, 1.807) is 0 Å². The first-order chi connectivity index (χ1) is 10.2. The SMILES string of the molecule is CCOc1ccc(C(C)C(C)CNC2CC2)cc1OCC. The molecule has 1 aliphatic carbocycles. The Hall–Kier alpha value is -1.22. The van der Waals surface area contributed by atoms with E-state index >= 15 is 0 Å². The van der Waals surface area contributed by atoms with Crippen LogP contribution in [0.15, 0.2) is 18.2 Å². The molecule has 0 saturated heterocycles. The molecule has 1 fully saturated rings. The van der Waals surface area contributed by atoms with E-state index in [2.05, 4.69) is 31.3 Å². The average Bonchev–Trinajstić information content (AvgIpc) is 3.30. The fraction of sp³-hybridized carbons (Fsp3) is 0.667. The maximum absolute atomic E-state index is 5.73. The summed E-state index contributed by atoms with van der Waals surface area (Å²) in [6.07, 6.45) is 2.69. The monoisotopic (exact) mass is 291 g/mol. The number of hydrogen-bond donors (Lipinski definition) is 1. The third kappa shape index (κ3) is 4.63. The van der Waals surface area contributed by atoms with Crippen LogP contribution >= 0.6 is 0 Å². The third-order valence-corrected chi connectivity index (χ3v) is 4.25. The van der Waals surface area contributed by atoms with Crippen LogP contribution in [-0.2, 0) is 0 Å². The summed E-state index contributed by atoms with van der Waals surface area (Å²) in [7, 11) is 0. The number of ether oxygens (including phenoxy) is 2. The molecule has 0 aliphatic heterocycles. The quantitative estimate of drug-likeness (QED) is 0.746. The Kier molecular flexibility index (Phi) is 5.92. The molecule has 1 saturated carbocycles. The van der Waals surface area contributed by atoms with E-state index < -0.39 is 0 Å². The second-order valence-electron chi connectivity index (χ2n) is 6.02. The van der Waals surface area contributed by atoms with Crippen LogP contribution in [0.1, 0.15) is 52.0 Å². The molecule has 1 aromatic rings. The van der Waals surface area contributed by atoms with Gasteiger partial charge < -0.3 is 14.8 Å². The van der Waals surface area contributed by atoms with E-state index in [1.165, 1.54) is 18.4 Å². The Morgan fingerprint density at radius 1 is 1.10 bits per heavy atom. The third-order valence-electron chi connectivity index (χ3n) is 4.25. The molecule has 0 radical (unpaired) electrons. The molecular formula is C18H29NO2. The maximum atomic E-state index is 5.73. The second-order valence-corrected chi connectivity index (χ2v) is 6.02. The zero-order valence-electron chi connectivity index (χ0n) is 13.8. The van der Waals surface area contributed by atoms with Crippen molar-refractivity contribution in [1.29, 1.82) is 0 Å². The Morgan fingerprint density at radius 3 is 2.38 bits per heavy atom. The minimum absolute atomic E-state index is 0.506. The zero-order chi connectivity index (χ0) is 15.2. The average molecular weight is 291 g/mol. The summed E-state index contributed by atoms with van der Waals surface area (Å²) >= 11 is 0. The summed E-state index contributed by atoms with van der Waals surface area (Å²) in [6, 6.07) is 7.14. The summed E-state index contributed by atoms with van der Waals surface area (Å²) in [5.41, 5.74) is 1.33. The predicted molar refractivity (Wildman–Crippen MR) is 87.4 cm³/mol. The van der Waals surface area contributed by atoms with Gasteiger partial charge >= 0.3 is 0 Å². The first-order valence-corrected chi connectivity index (χ1v) is 8.28. The maximum Gasteiger partial charge on any atom is 0.161 e. The molecule has 0 aromatic heterocycles. The Balaban J connectivity index is 2.04. The largest absolute Gasteiger partial charge is 0.490 e. The normalized spacial score (nSPS) is 17.3. The van der Waals surface area contributed by atoms with Crippen molar-refractivity contribution in [2.45, 2.75) is 52.5 Å². The van der Waals surface area contributed by atoms with Crippen LogP contribution in [0.5, 0.6) is 11.5 Å². The summed E-state index contributed by atoms with van der Waals surface area (Å²) < 4.78 is 11.4. The molecule has 21 heavy (non-hydrogen) atoms. The van der Waals surface area contributed by atoms with Crippen LogP contribution in [0.4, 0.5) is 0 Å². The van der Waals surface area contributed by atoms with Gasteiger partial charge in [0.1, 0.15) is 0 Å². The molecule has 1 aromatic carbocycles. The molecule has 0 heterocycles. The van der Waals surface area contributed by atoms with Crippen LogP contribution < -0.4 is 14.8 Å². The van der Waals surface area contributed by atoms with Crippen LogP contribution in [0.2, 0.25) is 0 Å². The lowest BCUT2D eigenvalue weighted by molar-refractivity contribution is 0.287. The van der Waals surface area contributed by atoms with Gasteiger partial charge in [0.2, 0.25) is 0 Å². The van der Waals surface area contributed by atoms with Crippen molar-refractivity contribution < 1.29 is 9.47 Å². The van der Waals surface area contributed by atoms with Gasteiger partial charge in [-0.15, -0.1) is 0 Å². The van der Waals surface area contributed by atoms with Crippen molar-refractivity contribution in [3.05, 3.63) is 23.8 Å². The molecule has 2 atom stereocenters. The van der Waals surface area contributed by atoms with Gasteiger partial charge in [-0.1, -0.05) is 19.9 Å². The molecule has 2 rings (SSSR count). The van der Waals surface area contributed by atoms with E-state index in [4.69, 9.17) is 9.47 Å². The minimum Gasteiger partial charge on any atom is -0.490 e. The number of benzene rings is 1. The molecule has 118 valence electrons. The lowest BCUT2D eigenvalue weighted by Gasteiger charge is -2.22. The predicted octanol–water partition coefficient (Wildman–Crippen LogP) is 3.98. The summed E-state index contributed by atoms with van der Waals surface area (Å²) in [6.45, 7) is 11.0. The van der Waals surface area contributed by atoms with E-state index in [0.29, 0.717) is 25.0 Å². The standard InChI is InChI=1S/C18H29NO2/c1-5-20-17-10-7-15(11-18(17)21-6-2)14(4)13(3)12-19-16-8-9-16/h7,10-11,13-14,16,19H,5-6,8-9,12H2,1-4H3. The Morgan fingerprint density at radius 2 is 1.76 bits per heavy atom. The molecule has 2 unspecified atom stereocenters. The van der Waals surface area contributed by atoms with Gasteiger partial charge in [0.15, 0.2) is 11.5 Å². The summed E-state index contributed by atoms with van der Waals surface area (Å²) in [5, 5.41) is 3.62. The molecular weight excluding hydrogens is 262 g/mol. The molecule has 3 nitrogen and oxygen atoms in total. The van der Waals surface area contributed by atoms with Crippen molar-refractivity contribution in [2.75, 3.05) is 19.8 Å². The Bertz CT molecular complexity index is 443. The van der Waals surface area contributed by atoms with Crippen molar-refractivity contribution in [3.8, 4) is 11.5 Å². The van der Waals surface area contributed by atoms with E-state index in [1.807, 2.05) is 19.9 Å². The zero-order valence-corrected chi connectivity index (χ0v) is 13.8. The topological polar surface area (TPSA) is 30.5 Å². The van der Waals surface area contributed by atoms with Gasteiger partial charge in [0.25, 0.3) is 0 Å². The second kappa shape index (κ2) is 7.69. The van der Waals surface area contributed by atoms with Gasteiger partial charge in [0.05, 0.1) is 13.2 Å². The van der Waals surface area contributed by atoms with Crippen molar-refractivity contribution in [1.82, 2.24) is 5.32 Å². The molecule has 1 N–H and O–H groups in total. The molecule has 0 spiro atoms. The first-order valence-electron chi connectivity index (χ1n) is 8.28. The molecule has 1 aliphatic rings. The Labute approximate surface area is 129 Å². The van der Waals surface area contributed by atoms with Crippen LogP contribution in [0, 0.1) is 5.92 Å². The summed E-state index contributed by atoms with van der Waals surface area (Å²) in [4.78, 5) is 0. The van der Waals surface area contributed by atoms with Crippen LogP contribution in [0.3, 0.4) is 0 Å². The van der Waals surface area contributed by atoms with Crippen molar-refractivity contribution >= 4 is 0 Å². The van der Waals surface area contributed by atoms with Gasteiger partial charge in [-0.3, -0.25) is 0 Å². The smallest absolute Gasteiger partial charge is 0.161 e. The highest BCUT2D eigenvalue weighted by molar-refractivity contribution is 5.44. The summed E-state index contributed by atoms with van der Waals surface area (Å²) in [5.74, 6) is 2.83. The van der Waals surface area contributed by atoms with E-state index in [0.717, 1.165) is 24.1 Å². The highest BCUT2D eigenvalue weighted by atomic mass is 16.5.